The van der Waals surface area contributed by atoms with Crippen LogP contribution in [-0.4, -0.2) is 5.78 Å². The van der Waals surface area contributed by atoms with E-state index in [-0.39, 0.29) is 17.8 Å². The third kappa shape index (κ3) is 1.53. The van der Waals surface area contributed by atoms with Crippen LogP contribution in [0.5, 0.6) is 0 Å². The molecule has 0 bridgehead atoms. The number of ketones is 1. The SMILES string of the molecule is N#CC(C#N)=C1CC(=O)c2ccc3ccccc3c21. The number of carbonyl (C=O) groups excluding carboxylic acids is 1. The zero-order valence-corrected chi connectivity index (χ0v) is 9.97. The fourth-order valence-corrected chi connectivity index (χ4v) is 2.55. The number of Topliss-reactive ketones (excluding diaryl/α,β-unsaturated/α-hetero) is 1. The molecule has 88 valence electrons. The molecule has 0 aromatic heterocycles. The molecule has 0 atom stereocenters. The maximum Gasteiger partial charge on any atom is 0.167 e. The zero-order chi connectivity index (χ0) is 13.4. The summed E-state index contributed by atoms with van der Waals surface area (Å²) >= 11 is 0. The number of hydrogen-bond acceptors (Lipinski definition) is 3. The Morgan fingerprint density at radius 1 is 1.05 bits per heavy atom. The lowest BCUT2D eigenvalue weighted by Crippen LogP contribution is -1.90. The van der Waals surface area contributed by atoms with Gasteiger partial charge in [-0.05, 0) is 21.9 Å². The van der Waals surface area contributed by atoms with Gasteiger partial charge in [0.15, 0.2) is 5.78 Å². The van der Waals surface area contributed by atoms with E-state index in [1.807, 2.05) is 42.5 Å². The van der Waals surface area contributed by atoms with Crippen molar-refractivity contribution in [3.8, 4) is 12.1 Å². The van der Waals surface area contributed by atoms with Gasteiger partial charge in [0, 0.05) is 12.0 Å². The highest BCUT2D eigenvalue weighted by Gasteiger charge is 2.28. The number of fused-ring (bicyclic) bond motifs is 3. The van der Waals surface area contributed by atoms with E-state index in [4.69, 9.17) is 10.5 Å². The van der Waals surface area contributed by atoms with E-state index in [9.17, 15) is 4.79 Å². The maximum absolute atomic E-state index is 12.0. The van der Waals surface area contributed by atoms with Gasteiger partial charge in [-0.2, -0.15) is 10.5 Å². The summed E-state index contributed by atoms with van der Waals surface area (Å²) in [6, 6.07) is 15.1. The van der Waals surface area contributed by atoms with Gasteiger partial charge < -0.3 is 0 Å². The van der Waals surface area contributed by atoms with Gasteiger partial charge in [-0.3, -0.25) is 4.79 Å². The molecule has 0 aliphatic heterocycles. The van der Waals surface area contributed by atoms with Crippen molar-refractivity contribution in [2.75, 3.05) is 0 Å². The third-order valence-corrected chi connectivity index (χ3v) is 3.39. The van der Waals surface area contributed by atoms with Crippen molar-refractivity contribution >= 4 is 22.1 Å². The second kappa shape index (κ2) is 4.08. The molecule has 0 unspecified atom stereocenters. The molecular weight excluding hydrogens is 236 g/mol. The number of rotatable bonds is 0. The van der Waals surface area contributed by atoms with Crippen LogP contribution in [0, 0.1) is 22.7 Å². The lowest BCUT2D eigenvalue weighted by molar-refractivity contribution is 0.100. The quantitative estimate of drug-likeness (QED) is 0.668. The summed E-state index contributed by atoms with van der Waals surface area (Å²) in [4.78, 5) is 12.0. The van der Waals surface area contributed by atoms with Gasteiger partial charge in [0.1, 0.15) is 17.7 Å². The fourth-order valence-electron chi connectivity index (χ4n) is 2.55. The number of benzene rings is 2. The largest absolute Gasteiger partial charge is 0.294 e. The fraction of sp³-hybridized carbons (Fsp3) is 0.0625. The van der Waals surface area contributed by atoms with E-state index in [1.165, 1.54) is 0 Å². The molecule has 2 aromatic rings. The molecule has 0 saturated heterocycles. The molecule has 0 saturated carbocycles. The van der Waals surface area contributed by atoms with Crippen LogP contribution in [0.1, 0.15) is 22.3 Å². The van der Waals surface area contributed by atoms with Crippen LogP contribution in [0.4, 0.5) is 0 Å². The molecule has 2 aromatic carbocycles. The molecule has 19 heavy (non-hydrogen) atoms. The minimum absolute atomic E-state index is 0.0289. The first-order valence-electron chi connectivity index (χ1n) is 5.85. The summed E-state index contributed by atoms with van der Waals surface area (Å²) in [7, 11) is 0. The summed E-state index contributed by atoms with van der Waals surface area (Å²) < 4.78 is 0. The highest BCUT2D eigenvalue weighted by Crippen LogP contribution is 2.39. The molecule has 1 aliphatic rings. The Morgan fingerprint density at radius 2 is 1.79 bits per heavy atom. The van der Waals surface area contributed by atoms with Crippen LogP contribution in [0.3, 0.4) is 0 Å². The maximum atomic E-state index is 12.0. The monoisotopic (exact) mass is 244 g/mol. The summed E-state index contributed by atoms with van der Waals surface area (Å²) in [5.74, 6) is -0.0289. The molecule has 3 rings (SSSR count). The average Bonchev–Trinajstić information content (AvgIpc) is 2.78. The van der Waals surface area contributed by atoms with E-state index < -0.39 is 0 Å². The first-order chi connectivity index (χ1) is 9.26. The van der Waals surface area contributed by atoms with Gasteiger partial charge in [0.05, 0.1) is 0 Å². The van der Waals surface area contributed by atoms with Gasteiger partial charge in [-0.15, -0.1) is 0 Å². The minimum atomic E-state index is -0.0289. The highest BCUT2D eigenvalue weighted by atomic mass is 16.1. The Labute approximate surface area is 110 Å². The molecule has 1 aliphatic carbocycles. The van der Waals surface area contributed by atoms with E-state index in [2.05, 4.69) is 0 Å². The normalized spacial score (nSPS) is 12.9. The minimum Gasteiger partial charge on any atom is -0.294 e. The first-order valence-corrected chi connectivity index (χ1v) is 5.85. The molecule has 0 N–H and O–H groups in total. The Bertz CT molecular complexity index is 816. The van der Waals surface area contributed by atoms with Crippen molar-refractivity contribution in [2.45, 2.75) is 6.42 Å². The Balaban J connectivity index is 2.47. The van der Waals surface area contributed by atoms with Crippen molar-refractivity contribution in [1.82, 2.24) is 0 Å². The van der Waals surface area contributed by atoms with E-state index in [0.29, 0.717) is 11.1 Å². The van der Waals surface area contributed by atoms with Gasteiger partial charge in [-0.25, -0.2) is 0 Å². The van der Waals surface area contributed by atoms with Crippen molar-refractivity contribution < 1.29 is 4.79 Å². The van der Waals surface area contributed by atoms with E-state index in [0.717, 1.165) is 16.3 Å². The predicted molar refractivity (Wildman–Crippen MR) is 71.0 cm³/mol. The lowest BCUT2D eigenvalue weighted by atomic mass is 9.96. The number of nitriles is 2. The van der Waals surface area contributed by atoms with Crippen molar-refractivity contribution in [3.05, 3.63) is 53.1 Å². The second-order valence-corrected chi connectivity index (χ2v) is 4.39. The Kier molecular flexibility index (Phi) is 2.41. The average molecular weight is 244 g/mol. The molecule has 0 fully saturated rings. The molecule has 0 radical (unpaired) electrons. The van der Waals surface area contributed by atoms with Crippen LogP contribution in [-0.2, 0) is 0 Å². The summed E-state index contributed by atoms with van der Waals surface area (Å²) in [6.45, 7) is 0. The Morgan fingerprint density at radius 3 is 2.53 bits per heavy atom. The van der Waals surface area contributed by atoms with Gasteiger partial charge in [0.25, 0.3) is 0 Å². The van der Waals surface area contributed by atoms with E-state index >= 15 is 0 Å². The zero-order valence-electron chi connectivity index (χ0n) is 9.97. The summed E-state index contributed by atoms with van der Waals surface area (Å²) in [5, 5.41) is 20.0. The molecule has 0 spiro atoms. The van der Waals surface area contributed by atoms with Crippen LogP contribution in [0.25, 0.3) is 16.3 Å². The number of allylic oxidation sites excluding steroid dienone is 2. The topological polar surface area (TPSA) is 64.7 Å². The number of carbonyl (C=O) groups is 1. The second-order valence-electron chi connectivity index (χ2n) is 4.39. The van der Waals surface area contributed by atoms with Crippen molar-refractivity contribution in [1.29, 1.82) is 10.5 Å². The van der Waals surface area contributed by atoms with E-state index in [1.54, 1.807) is 6.07 Å². The smallest absolute Gasteiger partial charge is 0.167 e. The van der Waals surface area contributed by atoms with Crippen LogP contribution in [0.15, 0.2) is 42.0 Å². The number of hydrogen-bond donors (Lipinski definition) is 0. The molecular formula is C16H8N2O. The van der Waals surface area contributed by atoms with Crippen molar-refractivity contribution in [3.63, 3.8) is 0 Å². The van der Waals surface area contributed by atoms with Crippen LogP contribution >= 0.6 is 0 Å². The standard InChI is InChI=1S/C16H8N2O/c17-8-11(9-18)14-7-15(19)13-6-5-10-3-1-2-4-12(10)16(13)14/h1-6H,7H2. The third-order valence-electron chi connectivity index (χ3n) is 3.39. The number of nitrogens with zero attached hydrogens (tertiary/aromatic N) is 2. The van der Waals surface area contributed by atoms with Gasteiger partial charge in [-0.1, -0.05) is 36.4 Å². The van der Waals surface area contributed by atoms with Crippen LogP contribution in [0.2, 0.25) is 0 Å². The van der Waals surface area contributed by atoms with Gasteiger partial charge >= 0.3 is 0 Å². The summed E-state index contributed by atoms with van der Waals surface area (Å²) in [6.07, 6.45) is 0.139. The van der Waals surface area contributed by atoms with Crippen molar-refractivity contribution in [2.24, 2.45) is 0 Å². The molecule has 0 amide bonds. The lowest BCUT2D eigenvalue weighted by Gasteiger charge is -2.05. The summed E-state index contributed by atoms with van der Waals surface area (Å²) in [5.41, 5.74) is 1.95. The highest BCUT2D eigenvalue weighted by molar-refractivity contribution is 6.18. The molecule has 3 nitrogen and oxygen atoms in total. The molecule has 3 heteroatoms. The first kappa shape index (κ1) is 11.2. The predicted octanol–water partition coefficient (Wildman–Crippen LogP) is 3.23. The Hall–Kier alpha value is -2.91. The van der Waals surface area contributed by atoms with Gasteiger partial charge in [0.2, 0.25) is 0 Å². The molecule has 0 heterocycles. The van der Waals surface area contributed by atoms with Crippen LogP contribution < -0.4 is 0 Å².